The van der Waals surface area contributed by atoms with E-state index in [1.54, 1.807) is 12.3 Å². The standard InChI is InChI=1S/C14H20N4O/c1-14(2,18-5-7-19-8-6-18)11-17-13-4-3-12(9-15)16-10-13/h3-4,10,17H,5-8,11H2,1-2H3. The van der Waals surface area contributed by atoms with E-state index in [2.05, 4.69) is 29.0 Å². The van der Waals surface area contributed by atoms with Crippen LogP contribution in [-0.4, -0.2) is 48.3 Å². The van der Waals surface area contributed by atoms with E-state index in [4.69, 9.17) is 10.00 Å². The van der Waals surface area contributed by atoms with E-state index in [1.165, 1.54) is 0 Å². The van der Waals surface area contributed by atoms with E-state index in [1.807, 2.05) is 12.1 Å². The van der Waals surface area contributed by atoms with Gasteiger partial charge in [0, 0.05) is 25.2 Å². The Balaban J connectivity index is 1.90. The summed E-state index contributed by atoms with van der Waals surface area (Å²) in [4.78, 5) is 6.48. The van der Waals surface area contributed by atoms with Crippen molar-refractivity contribution in [1.29, 1.82) is 5.26 Å². The van der Waals surface area contributed by atoms with Gasteiger partial charge in [0.15, 0.2) is 0 Å². The van der Waals surface area contributed by atoms with Crippen molar-refractivity contribution < 1.29 is 4.74 Å². The van der Waals surface area contributed by atoms with Crippen LogP contribution in [0.25, 0.3) is 0 Å². The minimum atomic E-state index is 0.0671. The van der Waals surface area contributed by atoms with E-state index in [0.29, 0.717) is 5.69 Å². The number of nitrogens with one attached hydrogen (secondary N) is 1. The summed E-state index contributed by atoms with van der Waals surface area (Å²) in [6.45, 7) is 8.84. The molecule has 19 heavy (non-hydrogen) atoms. The molecule has 0 bridgehead atoms. The summed E-state index contributed by atoms with van der Waals surface area (Å²) in [5.41, 5.74) is 1.45. The Morgan fingerprint density at radius 2 is 2.16 bits per heavy atom. The van der Waals surface area contributed by atoms with Gasteiger partial charge in [-0.15, -0.1) is 0 Å². The zero-order chi connectivity index (χ0) is 13.7. The number of nitrogens with zero attached hydrogens (tertiary/aromatic N) is 3. The first-order valence-electron chi connectivity index (χ1n) is 6.55. The molecule has 1 aromatic heterocycles. The van der Waals surface area contributed by atoms with Crippen LogP contribution < -0.4 is 5.32 Å². The largest absolute Gasteiger partial charge is 0.382 e. The highest BCUT2D eigenvalue weighted by Gasteiger charge is 2.27. The molecule has 0 saturated carbocycles. The molecule has 1 fully saturated rings. The molecule has 0 spiro atoms. The molecular weight excluding hydrogens is 240 g/mol. The lowest BCUT2D eigenvalue weighted by Gasteiger charge is -2.41. The van der Waals surface area contributed by atoms with E-state index in [9.17, 15) is 0 Å². The third-order valence-electron chi connectivity index (χ3n) is 3.47. The molecule has 0 aliphatic carbocycles. The Morgan fingerprint density at radius 1 is 1.42 bits per heavy atom. The number of pyridine rings is 1. The Bertz CT molecular complexity index is 444. The number of hydrogen-bond donors (Lipinski definition) is 1. The number of hydrogen-bond acceptors (Lipinski definition) is 5. The maximum atomic E-state index is 8.71. The summed E-state index contributed by atoms with van der Waals surface area (Å²) >= 11 is 0. The quantitative estimate of drug-likeness (QED) is 0.888. The number of nitriles is 1. The molecule has 0 radical (unpaired) electrons. The summed E-state index contributed by atoms with van der Waals surface area (Å²) in [6.07, 6.45) is 1.70. The highest BCUT2D eigenvalue weighted by atomic mass is 16.5. The molecule has 0 amide bonds. The molecule has 0 atom stereocenters. The normalized spacial score (nSPS) is 16.9. The van der Waals surface area contributed by atoms with Crippen LogP contribution in [0.3, 0.4) is 0 Å². The van der Waals surface area contributed by atoms with Crippen LogP contribution in [0.5, 0.6) is 0 Å². The first-order chi connectivity index (χ1) is 9.12. The maximum absolute atomic E-state index is 8.71. The van der Waals surface area contributed by atoms with Crippen molar-refractivity contribution >= 4 is 5.69 Å². The van der Waals surface area contributed by atoms with Gasteiger partial charge in [0.1, 0.15) is 11.8 Å². The second-order valence-electron chi connectivity index (χ2n) is 5.31. The van der Waals surface area contributed by atoms with Crippen LogP contribution in [0.15, 0.2) is 18.3 Å². The fourth-order valence-electron chi connectivity index (χ4n) is 2.16. The lowest BCUT2D eigenvalue weighted by molar-refractivity contribution is -0.00568. The van der Waals surface area contributed by atoms with Crippen molar-refractivity contribution in [2.24, 2.45) is 0 Å². The fraction of sp³-hybridized carbons (Fsp3) is 0.571. The molecular formula is C14H20N4O. The van der Waals surface area contributed by atoms with Crippen molar-refractivity contribution in [3.63, 3.8) is 0 Å². The number of morpholine rings is 1. The van der Waals surface area contributed by atoms with Crippen molar-refractivity contribution in [3.8, 4) is 6.07 Å². The van der Waals surface area contributed by atoms with E-state index >= 15 is 0 Å². The highest BCUT2D eigenvalue weighted by molar-refractivity contribution is 5.43. The van der Waals surface area contributed by atoms with Gasteiger partial charge in [0.2, 0.25) is 0 Å². The number of aromatic nitrogens is 1. The van der Waals surface area contributed by atoms with Crippen LogP contribution in [0.4, 0.5) is 5.69 Å². The van der Waals surface area contributed by atoms with E-state index in [0.717, 1.165) is 38.5 Å². The van der Waals surface area contributed by atoms with Crippen molar-refractivity contribution in [2.75, 3.05) is 38.2 Å². The molecule has 1 aliphatic rings. The lowest BCUT2D eigenvalue weighted by atomic mass is 10.0. The average molecular weight is 260 g/mol. The first kappa shape index (κ1) is 13.8. The fourth-order valence-corrected chi connectivity index (χ4v) is 2.16. The third kappa shape index (κ3) is 3.66. The third-order valence-corrected chi connectivity index (χ3v) is 3.47. The van der Waals surface area contributed by atoms with Gasteiger partial charge in [-0.1, -0.05) is 0 Å². The van der Waals surface area contributed by atoms with Crippen LogP contribution in [0.1, 0.15) is 19.5 Å². The van der Waals surface area contributed by atoms with Gasteiger partial charge in [-0.2, -0.15) is 5.26 Å². The topological polar surface area (TPSA) is 61.2 Å². The Labute approximate surface area is 114 Å². The molecule has 0 unspecified atom stereocenters. The molecule has 1 aromatic rings. The Hall–Kier alpha value is -1.64. The Kier molecular flexibility index (Phi) is 4.35. The predicted molar refractivity (Wildman–Crippen MR) is 73.9 cm³/mol. The van der Waals surface area contributed by atoms with Crippen LogP contribution in [0.2, 0.25) is 0 Å². The van der Waals surface area contributed by atoms with E-state index < -0.39 is 0 Å². The maximum Gasteiger partial charge on any atom is 0.140 e. The van der Waals surface area contributed by atoms with Gasteiger partial charge in [-0.25, -0.2) is 4.98 Å². The molecule has 5 nitrogen and oxygen atoms in total. The SMILES string of the molecule is CC(C)(CNc1ccc(C#N)nc1)N1CCOCC1. The van der Waals surface area contributed by atoms with Gasteiger partial charge < -0.3 is 10.1 Å². The zero-order valence-corrected chi connectivity index (χ0v) is 11.5. The molecule has 2 rings (SSSR count). The molecule has 102 valence electrons. The van der Waals surface area contributed by atoms with Crippen molar-refractivity contribution in [3.05, 3.63) is 24.0 Å². The molecule has 1 aliphatic heterocycles. The van der Waals surface area contributed by atoms with Gasteiger partial charge in [-0.3, -0.25) is 4.90 Å². The smallest absolute Gasteiger partial charge is 0.140 e. The van der Waals surface area contributed by atoms with Gasteiger partial charge in [-0.05, 0) is 26.0 Å². The minimum Gasteiger partial charge on any atom is -0.382 e. The molecule has 0 aromatic carbocycles. The lowest BCUT2D eigenvalue weighted by Crippen LogP contribution is -2.53. The predicted octanol–water partition coefficient (Wildman–Crippen LogP) is 1.48. The van der Waals surface area contributed by atoms with Crippen LogP contribution >= 0.6 is 0 Å². The number of rotatable bonds is 4. The van der Waals surface area contributed by atoms with Gasteiger partial charge in [0.05, 0.1) is 25.1 Å². The monoisotopic (exact) mass is 260 g/mol. The Morgan fingerprint density at radius 3 is 2.74 bits per heavy atom. The summed E-state index contributed by atoms with van der Waals surface area (Å²) in [5.74, 6) is 0. The minimum absolute atomic E-state index is 0.0671. The first-order valence-corrected chi connectivity index (χ1v) is 6.55. The zero-order valence-electron chi connectivity index (χ0n) is 11.5. The summed E-state index contributed by atoms with van der Waals surface area (Å²) in [5, 5.41) is 12.1. The second-order valence-corrected chi connectivity index (χ2v) is 5.31. The van der Waals surface area contributed by atoms with Crippen LogP contribution in [-0.2, 0) is 4.74 Å². The highest BCUT2D eigenvalue weighted by Crippen LogP contribution is 2.17. The number of anilines is 1. The molecule has 1 saturated heterocycles. The summed E-state index contributed by atoms with van der Waals surface area (Å²) in [6, 6.07) is 5.63. The molecule has 2 heterocycles. The van der Waals surface area contributed by atoms with Gasteiger partial charge >= 0.3 is 0 Å². The summed E-state index contributed by atoms with van der Waals surface area (Å²) < 4.78 is 5.38. The summed E-state index contributed by atoms with van der Waals surface area (Å²) in [7, 11) is 0. The molecule has 5 heteroatoms. The van der Waals surface area contributed by atoms with Crippen LogP contribution in [0, 0.1) is 11.3 Å². The van der Waals surface area contributed by atoms with Crippen molar-refractivity contribution in [2.45, 2.75) is 19.4 Å². The molecule has 1 N–H and O–H groups in total. The second kappa shape index (κ2) is 6.00. The number of ether oxygens (including phenoxy) is 1. The average Bonchev–Trinajstić information content (AvgIpc) is 2.47. The van der Waals surface area contributed by atoms with E-state index in [-0.39, 0.29) is 5.54 Å². The van der Waals surface area contributed by atoms with Gasteiger partial charge in [0.25, 0.3) is 0 Å². The van der Waals surface area contributed by atoms with Crippen molar-refractivity contribution in [1.82, 2.24) is 9.88 Å².